The van der Waals surface area contributed by atoms with Crippen LogP contribution in [0.5, 0.6) is 0 Å². The fourth-order valence-electron chi connectivity index (χ4n) is 3.38. The van der Waals surface area contributed by atoms with Gasteiger partial charge < -0.3 is 14.5 Å². The smallest absolute Gasteiger partial charge is 0.243 e. The number of likely N-dealkylation sites (N-methyl/N-ethyl adjacent to an activating group) is 1. The lowest BCUT2D eigenvalue weighted by atomic mass is 10.2. The molecule has 2 aliphatic rings. The number of amides is 1. The van der Waals surface area contributed by atoms with Gasteiger partial charge in [0, 0.05) is 59.2 Å². The van der Waals surface area contributed by atoms with Gasteiger partial charge in [0.1, 0.15) is 0 Å². The molecule has 0 N–H and O–H groups in total. The Bertz CT molecular complexity index is 742. The molecule has 7 nitrogen and oxygen atoms in total. The van der Waals surface area contributed by atoms with E-state index in [1.807, 2.05) is 0 Å². The van der Waals surface area contributed by atoms with Crippen molar-refractivity contribution >= 4 is 21.6 Å². The second-order valence-electron chi connectivity index (χ2n) is 6.51. The molecule has 0 aliphatic carbocycles. The molecule has 2 aliphatic heterocycles. The first-order valence-corrected chi connectivity index (χ1v) is 9.98. The summed E-state index contributed by atoms with van der Waals surface area (Å²) < 4.78 is 32.4. The van der Waals surface area contributed by atoms with E-state index in [1.54, 1.807) is 41.6 Å². The van der Waals surface area contributed by atoms with E-state index in [-0.39, 0.29) is 17.2 Å². The number of nitrogens with zero attached hydrogens (tertiary/aromatic N) is 3. The molecule has 0 atom stereocenters. The highest BCUT2D eigenvalue weighted by atomic mass is 32.2. The second-order valence-corrected chi connectivity index (χ2v) is 8.45. The maximum absolute atomic E-state index is 12.9. The number of benzene rings is 1. The van der Waals surface area contributed by atoms with Crippen molar-refractivity contribution in [3.05, 3.63) is 23.8 Å². The van der Waals surface area contributed by atoms with Crippen LogP contribution in [-0.4, -0.2) is 77.0 Å². The van der Waals surface area contributed by atoms with E-state index in [9.17, 15) is 13.2 Å². The first-order chi connectivity index (χ1) is 11.9. The number of ether oxygens (including phenoxy) is 1. The number of hydrogen-bond donors (Lipinski definition) is 0. The Morgan fingerprint density at radius 1 is 1.16 bits per heavy atom. The lowest BCUT2D eigenvalue weighted by Gasteiger charge is -2.34. The zero-order valence-corrected chi connectivity index (χ0v) is 15.6. The second kappa shape index (κ2) is 7.41. The minimum atomic E-state index is -3.52. The van der Waals surface area contributed by atoms with Gasteiger partial charge in [-0.3, -0.25) is 4.79 Å². The summed E-state index contributed by atoms with van der Waals surface area (Å²) in [5.74, 6) is -0.00535. The number of anilines is 1. The molecule has 1 amide bonds. The van der Waals surface area contributed by atoms with Crippen molar-refractivity contribution in [1.29, 1.82) is 0 Å². The van der Waals surface area contributed by atoms with Crippen LogP contribution in [0.3, 0.4) is 0 Å². The molecule has 8 heteroatoms. The molecule has 25 heavy (non-hydrogen) atoms. The van der Waals surface area contributed by atoms with Crippen molar-refractivity contribution in [1.82, 2.24) is 9.21 Å². The van der Waals surface area contributed by atoms with Gasteiger partial charge in [-0.25, -0.2) is 8.42 Å². The molecular formula is C17H25N3O4S. The number of rotatable bonds is 6. The Morgan fingerprint density at radius 2 is 1.88 bits per heavy atom. The van der Waals surface area contributed by atoms with Crippen LogP contribution in [-0.2, 0) is 26.0 Å². The van der Waals surface area contributed by atoms with Gasteiger partial charge in [0.15, 0.2) is 0 Å². The Labute approximate surface area is 149 Å². The lowest BCUT2D eigenvalue weighted by molar-refractivity contribution is -0.117. The number of hydrogen-bond acceptors (Lipinski definition) is 5. The van der Waals surface area contributed by atoms with Crippen molar-refractivity contribution in [3.8, 4) is 0 Å². The largest absolute Gasteiger partial charge is 0.385 e. The number of sulfonamides is 1. The van der Waals surface area contributed by atoms with Gasteiger partial charge in [0.25, 0.3) is 0 Å². The van der Waals surface area contributed by atoms with Gasteiger partial charge in [0.05, 0.1) is 11.3 Å². The van der Waals surface area contributed by atoms with Crippen molar-refractivity contribution in [2.24, 2.45) is 0 Å². The molecule has 0 radical (unpaired) electrons. The number of carbonyl (C=O) groups is 1. The quantitative estimate of drug-likeness (QED) is 0.687. The zero-order chi connectivity index (χ0) is 18.0. The Balaban J connectivity index is 1.67. The molecule has 0 aromatic heterocycles. The predicted octanol–water partition coefficient (Wildman–Crippen LogP) is 0.548. The average Bonchev–Trinajstić information content (AvgIpc) is 2.89. The molecule has 1 aromatic carbocycles. The maximum Gasteiger partial charge on any atom is 0.243 e. The summed E-state index contributed by atoms with van der Waals surface area (Å²) in [5, 5.41) is 0. The van der Waals surface area contributed by atoms with Gasteiger partial charge in [-0.15, -0.1) is 0 Å². The molecule has 0 bridgehead atoms. The third kappa shape index (κ3) is 3.72. The summed E-state index contributed by atoms with van der Waals surface area (Å²) >= 11 is 0. The Hall–Kier alpha value is -1.48. The van der Waals surface area contributed by atoms with Crippen molar-refractivity contribution in [3.63, 3.8) is 0 Å². The molecule has 0 unspecified atom stereocenters. The predicted molar refractivity (Wildman–Crippen MR) is 95.2 cm³/mol. The van der Waals surface area contributed by atoms with E-state index >= 15 is 0 Å². The highest BCUT2D eigenvalue weighted by Gasteiger charge is 2.31. The molecule has 0 saturated carbocycles. The lowest BCUT2D eigenvalue weighted by Crippen LogP contribution is -2.48. The van der Waals surface area contributed by atoms with Crippen LogP contribution >= 0.6 is 0 Å². The summed E-state index contributed by atoms with van der Waals surface area (Å²) in [5.41, 5.74) is 1.58. The first-order valence-electron chi connectivity index (χ1n) is 8.54. The molecule has 1 aromatic rings. The minimum Gasteiger partial charge on any atom is -0.385 e. The van der Waals surface area contributed by atoms with Crippen LogP contribution in [0, 0.1) is 0 Å². The number of piperazine rings is 1. The van der Waals surface area contributed by atoms with Crippen molar-refractivity contribution in [2.75, 3.05) is 58.4 Å². The number of carbonyl (C=O) groups excluding carboxylic acids is 1. The van der Waals surface area contributed by atoms with E-state index in [1.165, 1.54) is 0 Å². The number of fused-ring (bicyclic) bond motifs is 1. The van der Waals surface area contributed by atoms with Crippen LogP contribution in [0.1, 0.15) is 12.0 Å². The fourth-order valence-corrected chi connectivity index (χ4v) is 4.86. The minimum absolute atomic E-state index is 0.00535. The molecule has 138 valence electrons. The Morgan fingerprint density at radius 3 is 2.56 bits per heavy atom. The molecule has 3 rings (SSSR count). The monoisotopic (exact) mass is 367 g/mol. The van der Waals surface area contributed by atoms with E-state index in [4.69, 9.17) is 4.74 Å². The summed E-state index contributed by atoms with van der Waals surface area (Å²) in [7, 11) is -0.115. The molecule has 0 spiro atoms. The molecule has 2 heterocycles. The first kappa shape index (κ1) is 18.3. The van der Waals surface area contributed by atoms with Crippen LogP contribution in [0.4, 0.5) is 5.69 Å². The molecule has 1 fully saturated rings. The van der Waals surface area contributed by atoms with Gasteiger partial charge >= 0.3 is 0 Å². The average molecular weight is 367 g/mol. The highest BCUT2D eigenvalue weighted by Crippen LogP contribution is 2.30. The fraction of sp³-hybridized carbons (Fsp3) is 0.588. The van der Waals surface area contributed by atoms with E-state index in [0.29, 0.717) is 13.1 Å². The number of methoxy groups -OCH3 is 1. The van der Waals surface area contributed by atoms with Crippen molar-refractivity contribution < 1.29 is 17.9 Å². The highest BCUT2D eigenvalue weighted by molar-refractivity contribution is 7.89. The maximum atomic E-state index is 12.9. The summed E-state index contributed by atoms with van der Waals surface area (Å²) in [6, 6.07) is 4.99. The topological polar surface area (TPSA) is 70.2 Å². The van der Waals surface area contributed by atoms with E-state index in [0.717, 1.165) is 43.9 Å². The SMILES string of the molecule is COCCCN1CCN(S(=O)(=O)c2ccc3c(c2)CC(=O)N3C)CC1. The van der Waals surface area contributed by atoms with Crippen LogP contribution in [0.25, 0.3) is 0 Å². The summed E-state index contributed by atoms with van der Waals surface area (Å²) in [6.07, 6.45) is 1.22. The van der Waals surface area contributed by atoms with Crippen LogP contribution in [0.2, 0.25) is 0 Å². The molecular weight excluding hydrogens is 342 g/mol. The normalized spacial score (nSPS) is 19.4. The van der Waals surface area contributed by atoms with Crippen molar-refractivity contribution in [2.45, 2.75) is 17.7 Å². The van der Waals surface area contributed by atoms with Crippen LogP contribution < -0.4 is 4.90 Å². The van der Waals surface area contributed by atoms with Crippen LogP contribution in [0.15, 0.2) is 23.1 Å². The third-order valence-corrected chi connectivity index (χ3v) is 6.81. The van der Waals surface area contributed by atoms with E-state index in [2.05, 4.69) is 4.90 Å². The summed E-state index contributed by atoms with van der Waals surface area (Å²) in [6.45, 7) is 4.09. The third-order valence-electron chi connectivity index (χ3n) is 4.92. The van der Waals surface area contributed by atoms with E-state index < -0.39 is 10.0 Å². The van der Waals surface area contributed by atoms with Gasteiger partial charge in [-0.2, -0.15) is 4.31 Å². The van der Waals surface area contributed by atoms with Gasteiger partial charge in [0.2, 0.25) is 15.9 Å². The van der Waals surface area contributed by atoms with Gasteiger partial charge in [-0.1, -0.05) is 0 Å². The Kier molecular flexibility index (Phi) is 5.43. The van der Waals surface area contributed by atoms with Gasteiger partial charge in [-0.05, 0) is 30.2 Å². The zero-order valence-electron chi connectivity index (χ0n) is 14.8. The standard InChI is InChI=1S/C17H25N3O4S/c1-18-16-5-4-15(12-14(16)13-17(18)21)25(22,23)20-9-7-19(8-10-20)6-3-11-24-2/h4-5,12H,3,6-11,13H2,1-2H3. The molecule has 1 saturated heterocycles. The summed E-state index contributed by atoms with van der Waals surface area (Å²) in [4.78, 5) is 15.9.